The van der Waals surface area contributed by atoms with E-state index in [1.165, 1.54) is 18.3 Å². The third-order valence-electron chi connectivity index (χ3n) is 5.92. The molecule has 0 aromatic carbocycles. The predicted octanol–water partition coefficient (Wildman–Crippen LogP) is 4.39. The molecule has 0 bridgehead atoms. The lowest BCUT2D eigenvalue weighted by Crippen LogP contribution is -2.35. The molecule has 0 unspecified atom stereocenters. The molecule has 1 aliphatic heterocycles. The molecule has 11 nitrogen and oxygen atoms in total. The maximum absolute atomic E-state index is 12.8. The van der Waals surface area contributed by atoms with E-state index >= 15 is 0 Å². The van der Waals surface area contributed by atoms with Gasteiger partial charge in [-0.05, 0) is 58.1 Å². The first kappa shape index (κ1) is 30.6. The third-order valence-corrected chi connectivity index (χ3v) is 7.44. The average Bonchev–Trinajstić information content (AvgIpc) is 3.29. The van der Waals surface area contributed by atoms with Crippen LogP contribution in [0.15, 0.2) is 29.4 Å². The van der Waals surface area contributed by atoms with Crippen LogP contribution in [0, 0.1) is 5.92 Å². The molecule has 1 atom stereocenters. The molecule has 13 heteroatoms. The number of likely N-dealkylation sites (tertiary alicyclic amines) is 1. The zero-order valence-corrected chi connectivity index (χ0v) is 24.8. The van der Waals surface area contributed by atoms with Crippen molar-refractivity contribution in [2.24, 2.45) is 5.92 Å². The molecule has 2 amide bonds. The Morgan fingerprint density at radius 3 is 2.51 bits per heavy atom. The minimum atomic E-state index is -4.27. The van der Waals surface area contributed by atoms with Gasteiger partial charge < -0.3 is 15.0 Å². The van der Waals surface area contributed by atoms with Crippen molar-refractivity contribution in [3.8, 4) is 0 Å². The van der Waals surface area contributed by atoms with Crippen molar-refractivity contribution in [2.75, 3.05) is 25.0 Å². The number of aromatic nitrogens is 3. The molecule has 1 fully saturated rings. The molecular formula is C26H37ClN6O5S. The number of halogens is 1. The number of pyridine rings is 1. The third kappa shape index (κ3) is 8.76. The summed E-state index contributed by atoms with van der Waals surface area (Å²) in [4.78, 5) is 39.0. The highest BCUT2D eigenvalue weighted by Crippen LogP contribution is 2.24. The molecule has 2 aromatic heterocycles. The Morgan fingerprint density at radius 1 is 1.15 bits per heavy atom. The Hall–Kier alpha value is -2.99. The molecular weight excluding hydrogens is 544 g/mol. The van der Waals surface area contributed by atoms with Gasteiger partial charge >= 0.3 is 6.09 Å². The second-order valence-electron chi connectivity index (χ2n) is 11.6. The number of hydrogen-bond donors (Lipinski definition) is 2. The van der Waals surface area contributed by atoms with Gasteiger partial charge in [-0.3, -0.25) is 4.79 Å². The molecule has 39 heavy (non-hydrogen) atoms. The molecule has 0 spiro atoms. The summed E-state index contributed by atoms with van der Waals surface area (Å²) in [6.07, 6.45) is 3.55. The number of rotatable bonds is 8. The topological polar surface area (TPSA) is 143 Å². The summed E-state index contributed by atoms with van der Waals surface area (Å²) in [5.41, 5.74) is -1.06. The fourth-order valence-corrected chi connectivity index (χ4v) is 5.08. The number of nitrogens with zero attached hydrogens (tertiary/aromatic N) is 4. The van der Waals surface area contributed by atoms with Crippen LogP contribution in [0.25, 0.3) is 0 Å². The minimum Gasteiger partial charge on any atom is -0.444 e. The largest absolute Gasteiger partial charge is 0.444 e. The zero-order valence-electron chi connectivity index (χ0n) is 23.2. The molecule has 0 saturated carbocycles. The van der Waals surface area contributed by atoms with Gasteiger partial charge in [0.05, 0.1) is 5.56 Å². The quantitative estimate of drug-likeness (QED) is 0.343. The van der Waals surface area contributed by atoms with E-state index in [0.717, 1.165) is 19.3 Å². The van der Waals surface area contributed by atoms with Crippen LogP contribution in [0.5, 0.6) is 0 Å². The van der Waals surface area contributed by atoms with E-state index in [1.807, 2.05) is 46.3 Å². The van der Waals surface area contributed by atoms with Crippen molar-refractivity contribution in [3.63, 3.8) is 0 Å². The van der Waals surface area contributed by atoms with Crippen molar-refractivity contribution in [1.82, 2.24) is 24.6 Å². The van der Waals surface area contributed by atoms with Crippen LogP contribution in [-0.4, -0.2) is 65.5 Å². The lowest BCUT2D eigenvalue weighted by Gasteiger charge is -2.24. The monoisotopic (exact) mass is 580 g/mol. The maximum Gasteiger partial charge on any atom is 0.410 e. The summed E-state index contributed by atoms with van der Waals surface area (Å²) in [6.45, 7) is 13.1. The summed E-state index contributed by atoms with van der Waals surface area (Å²) in [5.74, 6) is 0.226. The van der Waals surface area contributed by atoms with Crippen LogP contribution in [0.4, 0.5) is 10.6 Å². The molecule has 3 heterocycles. The number of carbonyl (C=O) groups excluding carboxylic acids is 2. The highest BCUT2D eigenvalue weighted by Gasteiger charge is 2.29. The number of hydrogen-bond acceptors (Lipinski definition) is 9. The van der Waals surface area contributed by atoms with Crippen LogP contribution in [-0.2, 0) is 20.2 Å². The van der Waals surface area contributed by atoms with Crippen LogP contribution in [0.2, 0.25) is 5.15 Å². The molecule has 2 N–H and O–H groups in total. The molecule has 1 aliphatic rings. The van der Waals surface area contributed by atoms with Gasteiger partial charge in [0.1, 0.15) is 22.4 Å². The number of anilines is 1. The molecule has 0 radical (unpaired) electrons. The second-order valence-corrected chi connectivity index (χ2v) is 13.6. The highest BCUT2D eigenvalue weighted by atomic mass is 35.5. The molecule has 2 aromatic rings. The Bertz CT molecular complexity index is 1310. The first-order chi connectivity index (χ1) is 18.0. The average molecular weight is 581 g/mol. The van der Waals surface area contributed by atoms with Gasteiger partial charge in [-0.15, -0.1) is 0 Å². The van der Waals surface area contributed by atoms with Gasteiger partial charge in [-0.25, -0.2) is 24.5 Å². The Labute approximate surface area is 235 Å². The molecule has 3 rings (SSSR count). The van der Waals surface area contributed by atoms with Gasteiger partial charge in [0.25, 0.3) is 15.9 Å². The van der Waals surface area contributed by atoms with E-state index < -0.39 is 21.5 Å². The Kier molecular flexibility index (Phi) is 9.43. The fourth-order valence-electron chi connectivity index (χ4n) is 3.93. The normalized spacial score (nSPS) is 16.2. The first-order valence-electron chi connectivity index (χ1n) is 12.8. The van der Waals surface area contributed by atoms with Gasteiger partial charge in [0.15, 0.2) is 5.03 Å². The number of sulfonamides is 1. The Balaban J connectivity index is 1.52. The first-order valence-corrected chi connectivity index (χ1v) is 14.7. The summed E-state index contributed by atoms with van der Waals surface area (Å²) in [5, 5.41) is 2.68. The van der Waals surface area contributed by atoms with E-state index in [9.17, 15) is 18.0 Å². The van der Waals surface area contributed by atoms with Crippen molar-refractivity contribution in [2.45, 2.75) is 76.8 Å². The number of carbonyl (C=O) groups is 2. The van der Waals surface area contributed by atoms with Crippen molar-refractivity contribution in [1.29, 1.82) is 0 Å². The predicted molar refractivity (Wildman–Crippen MR) is 148 cm³/mol. The number of nitrogens with one attached hydrogen (secondary N) is 2. The van der Waals surface area contributed by atoms with Crippen LogP contribution >= 0.6 is 11.6 Å². The minimum absolute atomic E-state index is 0.137. The SMILES string of the molecule is CC(C)(C)OC(=O)N1CC[C@H](CCCNc2cccc(S(=O)(=O)NC(=O)c3cnc(C(C)(C)C)nc3Cl)n2)C1. The van der Waals surface area contributed by atoms with Crippen molar-refractivity contribution < 1.29 is 22.7 Å². The molecule has 1 saturated heterocycles. The van der Waals surface area contributed by atoms with Crippen LogP contribution in [0.1, 0.15) is 77.0 Å². The van der Waals surface area contributed by atoms with Gasteiger partial charge in [-0.1, -0.05) is 38.4 Å². The number of ether oxygens (including phenoxy) is 1. The standard InChI is InChI=1S/C26H37ClN6O5S/c1-25(2,3)23-29-15-18(21(27)31-23)22(34)32-39(36,37)20-11-7-10-19(30-20)28-13-8-9-17-12-14-33(16-17)24(35)38-26(4,5)6/h7,10-11,15,17H,8-9,12-14,16H2,1-6H3,(H,28,30)(H,32,34)/t17-/m0/s1. The fraction of sp³-hybridized carbons (Fsp3) is 0.577. The summed E-state index contributed by atoms with van der Waals surface area (Å²) in [6, 6.07) is 4.49. The maximum atomic E-state index is 12.8. The van der Waals surface area contributed by atoms with Crippen molar-refractivity contribution in [3.05, 3.63) is 40.9 Å². The molecule has 214 valence electrons. The van der Waals surface area contributed by atoms with Crippen LogP contribution in [0.3, 0.4) is 0 Å². The highest BCUT2D eigenvalue weighted by molar-refractivity contribution is 7.90. The second kappa shape index (κ2) is 12.0. The van der Waals surface area contributed by atoms with Crippen LogP contribution < -0.4 is 10.0 Å². The summed E-state index contributed by atoms with van der Waals surface area (Å²) < 4.78 is 33.1. The molecule has 0 aliphatic carbocycles. The van der Waals surface area contributed by atoms with Gasteiger partial charge in [0.2, 0.25) is 0 Å². The summed E-state index contributed by atoms with van der Waals surface area (Å²) >= 11 is 6.14. The lowest BCUT2D eigenvalue weighted by atomic mass is 9.96. The summed E-state index contributed by atoms with van der Waals surface area (Å²) in [7, 11) is -4.27. The van der Waals surface area contributed by atoms with E-state index in [4.69, 9.17) is 16.3 Å². The lowest BCUT2D eigenvalue weighted by molar-refractivity contribution is 0.0287. The van der Waals surface area contributed by atoms with Crippen molar-refractivity contribution >= 4 is 39.4 Å². The van der Waals surface area contributed by atoms with Gasteiger partial charge in [0, 0.05) is 31.2 Å². The smallest absolute Gasteiger partial charge is 0.410 e. The van der Waals surface area contributed by atoms with E-state index in [-0.39, 0.29) is 27.3 Å². The zero-order chi connectivity index (χ0) is 29.0. The van der Waals surface area contributed by atoms with E-state index in [1.54, 1.807) is 11.0 Å². The van der Waals surface area contributed by atoms with E-state index in [2.05, 4.69) is 20.3 Å². The van der Waals surface area contributed by atoms with Gasteiger partial charge in [-0.2, -0.15) is 8.42 Å². The Morgan fingerprint density at radius 2 is 1.87 bits per heavy atom. The van der Waals surface area contributed by atoms with E-state index in [0.29, 0.717) is 37.2 Å². The number of amides is 2.